The van der Waals surface area contributed by atoms with Gasteiger partial charge in [0.1, 0.15) is 12.4 Å². The molecular formula is C16H21NO3. The summed E-state index contributed by atoms with van der Waals surface area (Å²) < 4.78 is 5.20. The van der Waals surface area contributed by atoms with Gasteiger partial charge in [-0.25, -0.2) is 0 Å². The quantitative estimate of drug-likeness (QED) is 0.835. The smallest absolute Gasteiger partial charge is 0.253 e. The highest BCUT2D eigenvalue weighted by Gasteiger charge is 2.14. The summed E-state index contributed by atoms with van der Waals surface area (Å²) in [5.41, 5.74) is 1.20. The second-order valence-corrected chi connectivity index (χ2v) is 4.26. The topological polar surface area (TPSA) is 49.8 Å². The minimum absolute atomic E-state index is 0.0101. The van der Waals surface area contributed by atoms with Crippen molar-refractivity contribution in [1.82, 2.24) is 4.90 Å². The van der Waals surface area contributed by atoms with Crippen LogP contribution in [0.2, 0.25) is 0 Å². The number of ether oxygens (including phenoxy) is 1. The van der Waals surface area contributed by atoms with Gasteiger partial charge in [0, 0.05) is 18.7 Å². The van der Waals surface area contributed by atoms with E-state index in [4.69, 9.17) is 9.84 Å². The number of aliphatic hydroxyl groups excluding tert-OH is 1. The maximum Gasteiger partial charge on any atom is 0.253 e. The maximum absolute atomic E-state index is 12.4. The molecule has 0 saturated heterocycles. The zero-order chi connectivity index (χ0) is 15.0. The Balaban J connectivity index is 3.10. The molecule has 0 bridgehead atoms. The molecule has 0 spiro atoms. The molecule has 4 heteroatoms. The predicted octanol–water partition coefficient (Wildman–Crippen LogP) is 1.91. The van der Waals surface area contributed by atoms with E-state index in [1.54, 1.807) is 30.2 Å². The van der Waals surface area contributed by atoms with E-state index in [1.165, 1.54) is 0 Å². The van der Waals surface area contributed by atoms with Crippen LogP contribution in [-0.2, 0) is 0 Å². The molecule has 0 aliphatic rings. The minimum atomic E-state index is -0.224. The first kappa shape index (κ1) is 16.1. The molecule has 0 radical (unpaired) electrons. The number of benzene rings is 1. The van der Waals surface area contributed by atoms with E-state index in [-0.39, 0.29) is 12.5 Å². The van der Waals surface area contributed by atoms with Gasteiger partial charge in [0.05, 0.1) is 12.7 Å². The molecule has 0 saturated carbocycles. The fourth-order valence-corrected chi connectivity index (χ4v) is 1.93. The van der Waals surface area contributed by atoms with E-state index in [0.29, 0.717) is 23.4 Å². The van der Waals surface area contributed by atoms with Gasteiger partial charge in [0.25, 0.3) is 5.91 Å². The highest BCUT2D eigenvalue weighted by atomic mass is 16.5. The van der Waals surface area contributed by atoms with Crippen molar-refractivity contribution in [1.29, 1.82) is 0 Å². The fourth-order valence-electron chi connectivity index (χ4n) is 1.93. The van der Waals surface area contributed by atoms with Gasteiger partial charge in [-0.1, -0.05) is 18.8 Å². The molecule has 0 aliphatic heterocycles. The third-order valence-corrected chi connectivity index (χ3v) is 2.91. The Bertz CT molecular complexity index is 514. The Morgan fingerprint density at radius 1 is 1.40 bits per heavy atom. The van der Waals surface area contributed by atoms with Crippen LogP contribution < -0.4 is 4.74 Å². The first-order valence-corrected chi connectivity index (χ1v) is 6.74. The molecule has 1 aromatic carbocycles. The first-order valence-electron chi connectivity index (χ1n) is 6.74. The SMILES string of the molecule is CCCN(CC)C(=O)c1ccc(OC)c(C#CCO)c1. The Morgan fingerprint density at radius 2 is 2.15 bits per heavy atom. The summed E-state index contributed by atoms with van der Waals surface area (Å²) in [7, 11) is 1.55. The minimum Gasteiger partial charge on any atom is -0.495 e. The van der Waals surface area contributed by atoms with Crippen LogP contribution in [0.4, 0.5) is 0 Å². The number of nitrogens with zero attached hydrogens (tertiary/aromatic N) is 1. The molecule has 0 heterocycles. The van der Waals surface area contributed by atoms with Crippen LogP contribution in [-0.4, -0.2) is 42.7 Å². The number of carbonyl (C=O) groups is 1. The van der Waals surface area contributed by atoms with Crippen LogP contribution in [0.5, 0.6) is 5.75 Å². The van der Waals surface area contributed by atoms with Crippen LogP contribution in [0.3, 0.4) is 0 Å². The molecule has 0 aromatic heterocycles. The van der Waals surface area contributed by atoms with E-state index in [9.17, 15) is 4.79 Å². The summed E-state index contributed by atoms with van der Waals surface area (Å²) >= 11 is 0. The largest absolute Gasteiger partial charge is 0.495 e. The van der Waals surface area contributed by atoms with Crippen molar-refractivity contribution in [3.63, 3.8) is 0 Å². The number of carbonyl (C=O) groups excluding carboxylic acids is 1. The van der Waals surface area contributed by atoms with Crippen molar-refractivity contribution in [2.75, 3.05) is 26.8 Å². The molecule has 0 aliphatic carbocycles. The third-order valence-electron chi connectivity index (χ3n) is 2.91. The van der Waals surface area contributed by atoms with Crippen molar-refractivity contribution < 1.29 is 14.6 Å². The lowest BCUT2D eigenvalue weighted by atomic mass is 10.1. The van der Waals surface area contributed by atoms with Gasteiger partial charge in [0.2, 0.25) is 0 Å². The van der Waals surface area contributed by atoms with Gasteiger partial charge < -0.3 is 14.7 Å². The van der Waals surface area contributed by atoms with E-state index in [2.05, 4.69) is 11.8 Å². The van der Waals surface area contributed by atoms with E-state index in [1.807, 2.05) is 13.8 Å². The van der Waals surface area contributed by atoms with Crippen LogP contribution in [0.1, 0.15) is 36.2 Å². The summed E-state index contributed by atoms with van der Waals surface area (Å²) in [4.78, 5) is 14.2. The molecule has 1 N–H and O–H groups in total. The molecule has 0 fully saturated rings. The van der Waals surface area contributed by atoms with Crippen molar-refractivity contribution in [3.8, 4) is 17.6 Å². The molecule has 4 nitrogen and oxygen atoms in total. The third kappa shape index (κ3) is 4.01. The molecule has 1 amide bonds. The summed E-state index contributed by atoms with van der Waals surface area (Å²) in [6.07, 6.45) is 0.924. The molecule has 0 unspecified atom stereocenters. The predicted molar refractivity (Wildman–Crippen MR) is 78.8 cm³/mol. The molecular weight excluding hydrogens is 254 g/mol. The molecule has 20 heavy (non-hydrogen) atoms. The Labute approximate surface area is 120 Å². The lowest BCUT2D eigenvalue weighted by Gasteiger charge is -2.20. The molecule has 1 rings (SSSR count). The zero-order valence-corrected chi connectivity index (χ0v) is 12.3. The number of aliphatic hydroxyl groups is 1. The van der Waals surface area contributed by atoms with Gasteiger partial charge in [0.15, 0.2) is 0 Å². The van der Waals surface area contributed by atoms with Crippen molar-refractivity contribution in [2.24, 2.45) is 0 Å². The second kappa shape index (κ2) is 8.23. The number of rotatable bonds is 5. The van der Waals surface area contributed by atoms with Crippen LogP contribution in [0.15, 0.2) is 18.2 Å². The van der Waals surface area contributed by atoms with Gasteiger partial charge in [-0.15, -0.1) is 0 Å². The van der Waals surface area contributed by atoms with Crippen LogP contribution >= 0.6 is 0 Å². The lowest BCUT2D eigenvalue weighted by molar-refractivity contribution is 0.0764. The van der Waals surface area contributed by atoms with E-state index < -0.39 is 0 Å². The standard InChI is InChI=1S/C16H21NO3/c1-4-10-17(5-2)16(19)14-8-9-15(20-3)13(12-14)7-6-11-18/h8-9,12,18H,4-5,10-11H2,1-3H3. The van der Waals surface area contributed by atoms with E-state index in [0.717, 1.165) is 13.0 Å². The number of amides is 1. The van der Waals surface area contributed by atoms with Gasteiger partial charge >= 0.3 is 0 Å². The summed E-state index contributed by atoms with van der Waals surface area (Å²) in [5, 5.41) is 8.78. The monoisotopic (exact) mass is 275 g/mol. The molecule has 0 atom stereocenters. The maximum atomic E-state index is 12.4. The first-order chi connectivity index (χ1) is 9.67. The summed E-state index contributed by atoms with van der Waals surface area (Å²) in [5.74, 6) is 5.96. The van der Waals surface area contributed by atoms with Gasteiger partial charge in [-0.05, 0) is 31.5 Å². The normalized spacial score (nSPS) is 9.60. The molecule has 1 aromatic rings. The van der Waals surface area contributed by atoms with Crippen molar-refractivity contribution in [3.05, 3.63) is 29.3 Å². The van der Waals surface area contributed by atoms with Gasteiger partial charge in [-0.3, -0.25) is 4.79 Å². The Kier molecular flexibility index (Phi) is 6.61. The number of hydrogen-bond acceptors (Lipinski definition) is 3. The van der Waals surface area contributed by atoms with Crippen LogP contribution in [0.25, 0.3) is 0 Å². The Morgan fingerprint density at radius 3 is 2.70 bits per heavy atom. The Hall–Kier alpha value is -1.99. The second-order valence-electron chi connectivity index (χ2n) is 4.26. The molecule has 108 valence electrons. The number of methoxy groups -OCH3 is 1. The summed E-state index contributed by atoms with van der Waals surface area (Å²) in [6.45, 7) is 5.19. The average Bonchev–Trinajstić information content (AvgIpc) is 2.49. The van der Waals surface area contributed by atoms with E-state index >= 15 is 0 Å². The van der Waals surface area contributed by atoms with Crippen LogP contribution in [0, 0.1) is 11.8 Å². The fraction of sp³-hybridized carbons (Fsp3) is 0.438. The van der Waals surface area contributed by atoms with Crippen molar-refractivity contribution >= 4 is 5.91 Å². The number of hydrogen-bond donors (Lipinski definition) is 1. The van der Waals surface area contributed by atoms with Crippen molar-refractivity contribution in [2.45, 2.75) is 20.3 Å². The summed E-state index contributed by atoms with van der Waals surface area (Å²) in [6, 6.07) is 5.18. The highest BCUT2D eigenvalue weighted by Crippen LogP contribution is 2.20. The zero-order valence-electron chi connectivity index (χ0n) is 12.3. The average molecular weight is 275 g/mol. The lowest BCUT2D eigenvalue weighted by Crippen LogP contribution is -2.31. The van der Waals surface area contributed by atoms with Gasteiger partial charge in [-0.2, -0.15) is 0 Å². The highest BCUT2D eigenvalue weighted by molar-refractivity contribution is 5.94.